The molecule has 0 aliphatic rings. The van der Waals surface area contributed by atoms with Crippen molar-refractivity contribution in [3.63, 3.8) is 0 Å². The molecule has 25 heavy (non-hydrogen) atoms. The Labute approximate surface area is 153 Å². The number of carbonyl (C=O) groups is 1. The van der Waals surface area contributed by atoms with Crippen molar-refractivity contribution in [2.24, 2.45) is 5.92 Å². The van der Waals surface area contributed by atoms with Gasteiger partial charge >= 0.3 is 0 Å². The number of aromatic nitrogens is 2. The van der Waals surface area contributed by atoms with E-state index in [9.17, 15) is 9.59 Å². The van der Waals surface area contributed by atoms with Crippen LogP contribution in [-0.2, 0) is 11.3 Å². The van der Waals surface area contributed by atoms with Crippen LogP contribution in [0.1, 0.15) is 40.0 Å². The van der Waals surface area contributed by atoms with Gasteiger partial charge in [0.1, 0.15) is 0 Å². The average molecular weight is 362 g/mol. The molecule has 0 bridgehead atoms. The first-order chi connectivity index (χ1) is 12.0. The van der Waals surface area contributed by atoms with Crippen molar-refractivity contribution < 1.29 is 4.79 Å². The number of fused-ring (bicyclic) bond motifs is 1. The van der Waals surface area contributed by atoms with Crippen LogP contribution in [0, 0.1) is 5.92 Å². The molecule has 1 heterocycles. The lowest BCUT2D eigenvalue weighted by atomic mass is 10.1. The van der Waals surface area contributed by atoms with Crippen LogP contribution in [0.25, 0.3) is 10.9 Å². The zero-order valence-electron chi connectivity index (χ0n) is 15.2. The summed E-state index contributed by atoms with van der Waals surface area (Å²) in [5, 5.41) is 4.15. The smallest absolute Gasteiger partial charge is 0.262 e. The fraction of sp³-hybridized carbons (Fsp3) is 0.526. The largest absolute Gasteiger partial charge is 0.355 e. The number of benzene rings is 1. The Kier molecular flexibility index (Phi) is 7.50. The van der Waals surface area contributed by atoms with E-state index in [1.165, 1.54) is 11.8 Å². The van der Waals surface area contributed by atoms with E-state index in [0.29, 0.717) is 35.1 Å². The van der Waals surface area contributed by atoms with E-state index in [1.807, 2.05) is 24.3 Å². The molecule has 0 saturated heterocycles. The highest BCUT2D eigenvalue weighted by atomic mass is 32.2. The van der Waals surface area contributed by atoms with Gasteiger partial charge in [-0.15, -0.1) is 0 Å². The van der Waals surface area contributed by atoms with Gasteiger partial charge in [-0.05, 0) is 30.9 Å². The van der Waals surface area contributed by atoms with Crippen LogP contribution in [-0.4, -0.2) is 27.8 Å². The van der Waals surface area contributed by atoms with Crippen LogP contribution in [0.4, 0.5) is 0 Å². The summed E-state index contributed by atoms with van der Waals surface area (Å²) in [6.45, 7) is 7.67. The molecule has 1 aromatic carbocycles. The van der Waals surface area contributed by atoms with E-state index >= 15 is 0 Å². The first-order valence-electron chi connectivity index (χ1n) is 8.92. The first kappa shape index (κ1) is 19.5. The van der Waals surface area contributed by atoms with Crippen molar-refractivity contribution >= 4 is 28.6 Å². The monoisotopic (exact) mass is 361 g/mol. The van der Waals surface area contributed by atoms with Gasteiger partial charge in [0.25, 0.3) is 5.56 Å². The number of hydrogen-bond acceptors (Lipinski definition) is 4. The SMILES string of the molecule is CCCCNC(=O)CSc1nc2ccccc2c(=O)n1CCC(C)C. The Balaban J connectivity index is 2.22. The van der Waals surface area contributed by atoms with Gasteiger partial charge in [-0.2, -0.15) is 0 Å². The molecule has 1 aromatic heterocycles. The number of amides is 1. The number of para-hydroxylation sites is 1. The molecule has 0 radical (unpaired) electrons. The molecule has 2 aromatic rings. The van der Waals surface area contributed by atoms with E-state index in [1.54, 1.807) is 4.57 Å². The van der Waals surface area contributed by atoms with Gasteiger partial charge in [0.2, 0.25) is 5.91 Å². The number of rotatable bonds is 9. The number of thioether (sulfide) groups is 1. The summed E-state index contributed by atoms with van der Waals surface area (Å²) in [4.78, 5) is 29.4. The second-order valence-electron chi connectivity index (χ2n) is 6.54. The molecule has 6 heteroatoms. The Morgan fingerprint density at radius 2 is 2.08 bits per heavy atom. The minimum absolute atomic E-state index is 0.0173. The molecule has 5 nitrogen and oxygen atoms in total. The van der Waals surface area contributed by atoms with Gasteiger partial charge < -0.3 is 5.32 Å². The Hall–Kier alpha value is -1.82. The minimum Gasteiger partial charge on any atom is -0.355 e. The number of carbonyl (C=O) groups excluding carboxylic acids is 1. The standard InChI is InChI=1S/C19H27N3O2S/c1-4-5-11-20-17(23)13-25-19-21-16-9-7-6-8-15(16)18(24)22(19)12-10-14(2)3/h6-9,14H,4-5,10-13H2,1-3H3,(H,20,23). The highest BCUT2D eigenvalue weighted by Crippen LogP contribution is 2.18. The summed E-state index contributed by atoms with van der Waals surface area (Å²) in [6.07, 6.45) is 2.92. The summed E-state index contributed by atoms with van der Waals surface area (Å²) < 4.78 is 1.71. The third-order valence-electron chi connectivity index (χ3n) is 3.94. The van der Waals surface area contributed by atoms with Crippen molar-refractivity contribution in [3.8, 4) is 0 Å². The van der Waals surface area contributed by atoms with E-state index in [2.05, 4.69) is 31.1 Å². The highest BCUT2D eigenvalue weighted by molar-refractivity contribution is 7.99. The zero-order chi connectivity index (χ0) is 18.2. The topological polar surface area (TPSA) is 64.0 Å². The quantitative estimate of drug-likeness (QED) is 0.422. The zero-order valence-corrected chi connectivity index (χ0v) is 16.1. The molecule has 1 N–H and O–H groups in total. The summed E-state index contributed by atoms with van der Waals surface area (Å²) in [7, 11) is 0. The molecule has 0 atom stereocenters. The van der Waals surface area contributed by atoms with Crippen LogP contribution >= 0.6 is 11.8 Å². The van der Waals surface area contributed by atoms with Gasteiger partial charge in [-0.25, -0.2) is 4.98 Å². The number of nitrogens with zero attached hydrogens (tertiary/aromatic N) is 2. The van der Waals surface area contributed by atoms with Crippen molar-refractivity contribution in [1.82, 2.24) is 14.9 Å². The van der Waals surface area contributed by atoms with Crippen molar-refractivity contribution in [2.75, 3.05) is 12.3 Å². The van der Waals surface area contributed by atoms with Gasteiger partial charge in [0.05, 0.1) is 16.7 Å². The molecule has 0 unspecified atom stereocenters. The number of nitrogens with one attached hydrogen (secondary N) is 1. The Morgan fingerprint density at radius 1 is 1.32 bits per heavy atom. The van der Waals surface area contributed by atoms with Crippen LogP contribution in [0.5, 0.6) is 0 Å². The molecule has 0 fully saturated rings. The van der Waals surface area contributed by atoms with Crippen LogP contribution in [0.15, 0.2) is 34.2 Å². The molecular weight excluding hydrogens is 334 g/mol. The van der Waals surface area contributed by atoms with Crippen molar-refractivity contribution in [3.05, 3.63) is 34.6 Å². The summed E-state index contributed by atoms with van der Waals surface area (Å²) in [6, 6.07) is 7.38. The molecule has 0 aliphatic carbocycles. The van der Waals surface area contributed by atoms with E-state index in [4.69, 9.17) is 0 Å². The van der Waals surface area contributed by atoms with Crippen LogP contribution in [0.2, 0.25) is 0 Å². The average Bonchev–Trinajstić information content (AvgIpc) is 2.59. The van der Waals surface area contributed by atoms with Crippen LogP contribution < -0.4 is 10.9 Å². The predicted octanol–water partition coefficient (Wildman–Crippen LogP) is 3.45. The molecule has 136 valence electrons. The molecule has 0 saturated carbocycles. The normalized spacial score (nSPS) is 11.2. The van der Waals surface area contributed by atoms with E-state index in [-0.39, 0.29) is 17.2 Å². The maximum atomic E-state index is 12.8. The molecule has 1 amide bonds. The lowest BCUT2D eigenvalue weighted by Crippen LogP contribution is -2.28. The van der Waals surface area contributed by atoms with Gasteiger partial charge in [-0.1, -0.05) is 51.1 Å². The highest BCUT2D eigenvalue weighted by Gasteiger charge is 2.13. The lowest BCUT2D eigenvalue weighted by Gasteiger charge is -2.14. The second-order valence-corrected chi connectivity index (χ2v) is 7.49. The van der Waals surface area contributed by atoms with Crippen LogP contribution in [0.3, 0.4) is 0 Å². The van der Waals surface area contributed by atoms with Gasteiger partial charge in [0, 0.05) is 13.1 Å². The van der Waals surface area contributed by atoms with Crippen molar-refractivity contribution in [1.29, 1.82) is 0 Å². The Morgan fingerprint density at radius 3 is 2.80 bits per heavy atom. The predicted molar refractivity (Wildman–Crippen MR) is 104 cm³/mol. The summed E-state index contributed by atoms with van der Waals surface area (Å²) in [5.74, 6) is 0.751. The molecular formula is C19H27N3O2S. The fourth-order valence-corrected chi connectivity index (χ4v) is 3.28. The summed E-state index contributed by atoms with van der Waals surface area (Å²) >= 11 is 1.33. The van der Waals surface area contributed by atoms with Crippen molar-refractivity contribution in [2.45, 2.75) is 51.7 Å². The lowest BCUT2D eigenvalue weighted by molar-refractivity contribution is -0.118. The third kappa shape index (κ3) is 5.59. The number of unbranched alkanes of at least 4 members (excludes halogenated alkanes) is 1. The second kappa shape index (κ2) is 9.61. The molecule has 2 rings (SSSR count). The Bertz CT molecular complexity index is 771. The minimum atomic E-state index is -0.0276. The molecule has 0 spiro atoms. The van der Waals surface area contributed by atoms with Gasteiger partial charge in [-0.3, -0.25) is 14.2 Å². The maximum absolute atomic E-state index is 12.8. The molecule has 0 aliphatic heterocycles. The third-order valence-corrected chi connectivity index (χ3v) is 4.92. The maximum Gasteiger partial charge on any atom is 0.262 e. The van der Waals surface area contributed by atoms with E-state index in [0.717, 1.165) is 19.3 Å². The first-order valence-corrected chi connectivity index (χ1v) is 9.90. The fourth-order valence-electron chi connectivity index (χ4n) is 2.43. The van der Waals surface area contributed by atoms with E-state index < -0.39 is 0 Å². The number of hydrogen-bond donors (Lipinski definition) is 1. The summed E-state index contributed by atoms with van der Waals surface area (Å²) in [5.41, 5.74) is 0.655. The van der Waals surface area contributed by atoms with Gasteiger partial charge in [0.15, 0.2) is 5.16 Å².